The van der Waals surface area contributed by atoms with Crippen LogP contribution >= 0.6 is 12.4 Å². The van der Waals surface area contributed by atoms with Gasteiger partial charge in [0.1, 0.15) is 0 Å². The summed E-state index contributed by atoms with van der Waals surface area (Å²) in [6, 6.07) is 10.7. The second-order valence-electron chi connectivity index (χ2n) is 8.54. The van der Waals surface area contributed by atoms with Crippen LogP contribution < -0.4 is 5.73 Å². The Morgan fingerprint density at radius 3 is 2.41 bits per heavy atom. The minimum atomic E-state index is 0. The Bertz CT molecular complexity index is 592. The van der Waals surface area contributed by atoms with Gasteiger partial charge in [-0.25, -0.2) is 0 Å². The number of benzene rings is 1. The average molecular weight is 393 g/mol. The van der Waals surface area contributed by atoms with E-state index in [9.17, 15) is 4.79 Å². The largest absolute Gasteiger partial charge is 0.376 e. The number of hydrogen-bond acceptors (Lipinski definition) is 3. The number of rotatable bonds is 5. The Labute approximate surface area is 169 Å². The molecule has 150 valence electrons. The molecule has 3 aliphatic rings. The summed E-state index contributed by atoms with van der Waals surface area (Å²) in [5.41, 5.74) is 7.63. The van der Waals surface area contributed by atoms with Crippen LogP contribution in [0.3, 0.4) is 0 Å². The van der Waals surface area contributed by atoms with Crippen molar-refractivity contribution < 1.29 is 9.53 Å². The van der Waals surface area contributed by atoms with Crippen LogP contribution in [0.2, 0.25) is 0 Å². The zero-order chi connectivity index (χ0) is 17.9. The molecule has 3 fully saturated rings. The maximum atomic E-state index is 13.5. The zero-order valence-electron chi connectivity index (χ0n) is 16.1. The van der Waals surface area contributed by atoms with Gasteiger partial charge in [-0.3, -0.25) is 4.79 Å². The van der Waals surface area contributed by atoms with E-state index in [1.165, 1.54) is 24.8 Å². The van der Waals surface area contributed by atoms with Gasteiger partial charge in [-0.05, 0) is 55.9 Å². The number of carbonyl (C=O) groups is 1. The molecule has 2 N–H and O–H groups in total. The summed E-state index contributed by atoms with van der Waals surface area (Å²) in [6.07, 6.45) is 8.03. The monoisotopic (exact) mass is 392 g/mol. The number of nitrogens with two attached hydrogens (primary N) is 1. The lowest BCUT2D eigenvalue weighted by Crippen LogP contribution is -2.50. The third kappa shape index (κ3) is 4.85. The number of carbonyl (C=O) groups excluding carboxylic acids is 1. The van der Waals surface area contributed by atoms with Crippen LogP contribution in [0.1, 0.15) is 50.5 Å². The van der Waals surface area contributed by atoms with E-state index in [2.05, 4.69) is 17.0 Å². The molecule has 5 heteroatoms. The molecule has 1 aromatic carbocycles. The summed E-state index contributed by atoms with van der Waals surface area (Å²) < 4.78 is 5.84. The lowest BCUT2D eigenvalue weighted by molar-refractivity contribution is -0.141. The lowest BCUT2D eigenvalue weighted by atomic mass is 9.65. The van der Waals surface area contributed by atoms with Crippen molar-refractivity contribution in [2.75, 3.05) is 13.2 Å². The highest BCUT2D eigenvalue weighted by molar-refractivity contribution is 5.85. The average Bonchev–Trinajstić information content (AvgIpc) is 3.14. The van der Waals surface area contributed by atoms with E-state index in [1.807, 2.05) is 18.2 Å². The van der Waals surface area contributed by atoms with Gasteiger partial charge in [-0.1, -0.05) is 36.8 Å². The van der Waals surface area contributed by atoms with Gasteiger partial charge in [-0.2, -0.15) is 0 Å². The molecule has 4 nitrogen and oxygen atoms in total. The second kappa shape index (κ2) is 9.40. The van der Waals surface area contributed by atoms with E-state index >= 15 is 0 Å². The van der Waals surface area contributed by atoms with E-state index in [-0.39, 0.29) is 24.4 Å². The van der Waals surface area contributed by atoms with Crippen LogP contribution in [0, 0.1) is 17.8 Å². The molecule has 0 spiro atoms. The molecule has 2 aliphatic carbocycles. The molecule has 0 aromatic heterocycles. The summed E-state index contributed by atoms with van der Waals surface area (Å²) >= 11 is 0. The molecule has 2 bridgehead atoms. The first-order chi connectivity index (χ1) is 12.7. The summed E-state index contributed by atoms with van der Waals surface area (Å²) in [6.45, 7) is 2.25. The first-order valence-corrected chi connectivity index (χ1v) is 10.4. The first kappa shape index (κ1) is 20.6. The van der Waals surface area contributed by atoms with Gasteiger partial charge in [0.25, 0.3) is 0 Å². The van der Waals surface area contributed by atoms with E-state index < -0.39 is 0 Å². The second-order valence-corrected chi connectivity index (χ2v) is 8.54. The highest BCUT2D eigenvalue weighted by Gasteiger charge is 2.41. The topological polar surface area (TPSA) is 55.6 Å². The molecule has 1 saturated heterocycles. The standard InChI is InChI=1S/C22H32N2O2.ClH/c23-21-17-8-4-9-18(21)13-19(12-17)22(25)24(15-20-10-5-11-26-20)14-16-6-2-1-3-7-16;/h1-3,6-7,17-21H,4-5,8-15,23H2;1H. The van der Waals surface area contributed by atoms with Gasteiger partial charge in [0, 0.05) is 31.7 Å². The van der Waals surface area contributed by atoms with E-state index in [0.29, 0.717) is 30.3 Å². The number of halogens is 1. The molecule has 1 aromatic rings. The summed E-state index contributed by atoms with van der Waals surface area (Å²) in [5.74, 6) is 1.55. The molecule has 1 aliphatic heterocycles. The molecule has 27 heavy (non-hydrogen) atoms. The minimum absolute atomic E-state index is 0. The number of fused-ring (bicyclic) bond motifs is 2. The number of ether oxygens (including phenoxy) is 1. The third-order valence-corrected chi connectivity index (χ3v) is 6.74. The fraction of sp³-hybridized carbons (Fsp3) is 0.682. The number of hydrogen-bond donors (Lipinski definition) is 1. The van der Waals surface area contributed by atoms with E-state index in [1.54, 1.807) is 0 Å². The van der Waals surface area contributed by atoms with Crippen molar-refractivity contribution in [2.45, 2.75) is 63.6 Å². The molecule has 4 rings (SSSR count). The fourth-order valence-electron chi connectivity index (χ4n) is 5.32. The Kier molecular flexibility index (Phi) is 7.18. The molecule has 3 unspecified atom stereocenters. The Morgan fingerprint density at radius 1 is 1.07 bits per heavy atom. The number of amides is 1. The fourth-order valence-corrected chi connectivity index (χ4v) is 5.32. The van der Waals surface area contributed by atoms with Crippen molar-refractivity contribution in [3.63, 3.8) is 0 Å². The van der Waals surface area contributed by atoms with Crippen molar-refractivity contribution in [1.82, 2.24) is 4.90 Å². The summed E-state index contributed by atoms with van der Waals surface area (Å²) in [4.78, 5) is 15.5. The molecule has 1 heterocycles. The smallest absolute Gasteiger partial charge is 0.226 e. The van der Waals surface area contributed by atoms with Crippen LogP contribution in [0.25, 0.3) is 0 Å². The first-order valence-electron chi connectivity index (χ1n) is 10.4. The molecular formula is C22H33ClN2O2. The normalized spacial score (nSPS) is 32.6. The molecule has 2 saturated carbocycles. The van der Waals surface area contributed by atoms with Gasteiger partial charge < -0.3 is 15.4 Å². The van der Waals surface area contributed by atoms with Crippen molar-refractivity contribution in [2.24, 2.45) is 23.5 Å². The van der Waals surface area contributed by atoms with Crippen molar-refractivity contribution >= 4 is 18.3 Å². The number of nitrogens with zero attached hydrogens (tertiary/aromatic N) is 1. The quantitative estimate of drug-likeness (QED) is 0.829. The lowest BCUT2D eigenvalue weighted by Gasteiger charge is -2.44. The maximum Gasteiger partial charge on any atom is 0.226 e. The Morgan fingerprint density at radius 2 is 1.78 bits per heavy atom. The molecule has 0 radical (unpaired) electrons. The van der Waals surface area contributed by atoms with Gasteiger partial charge in [0.05, 0.1) is 6.10 Å². The van der Waals surface area contributed by atoms with Crippen molar-refractivity contribution in [3.05, 3.63) is 35.9 Å². The van der Waals surface area contributed by atoms with Gasteiger partial charge in [0.2, 0.25) is 5.91 Å². The minimum Gasteiger partial charge on any atom is -0.376 e. The zero-order valence-corrected chi connectivity index (χ0v) is 16.9. The van der Waals surface area contributed by atoms with Gasteiger partial charge in [-0.15, -0.1) is 12.4 Å². The van der Waals surface area contributed by atoms with Crippen molar-refractivity contribution in [3.8, 4) is 0 Å². The predicted octanol–water partition coefficient (Wildman–Crippen LogP) is 3.77. The summed E-state index contributed by atoms with van der Waals surface area (Å²) in [7, 11) is 0. The highest BCUT2D eigenvalue weighted by atomic mass is 35.5. The summed E-state index contributed by atoms with van der Waals surface area (Å²) in [5, 5.41) is 0. The van der Waals surface area contributed by atoms with Crippen LogP contribution in [0.4, 0.5) is 0 Å². The maximum absolute atomic E-state index is 13.5. The Balaban J connectivity index is 0.00000210. The van der Waals surface area contributed by atoms with Gasteiger partial charge in [0.15, 0.2) is 0 Å². The van der Waals surface area contributed by atoms with Crippen LogP contribution in [-0.2, 0) is 16.1 Å². The van der Waals surface area contributed by atoms with Crippen LogP contribution in [-0.4, -0.2) is 36.1 Å². The van der Waals surface area contributed by atoms with E-state index in [0.717, 1.165) is 38.8 Å². The Hall–Kier alpha value is -1.10. The van der Waals surface area contributed by atoms with E-state index in [4.69, 9.17) is 10.5 Å². The highest BCUT2D eigenvalue weighted by Crippen LogP contribution is 2.42. The van der Waals surface area contributed by atoms with Crippen molar-refractivity contribution in [1.29, 1.82) is 0 Å². The molecule has 3 atom stereocenters. The third-order valence-electron chi connectivity index (χ3n) is 6.74. The molecular weight excluding hydrogens is 360 g/mol. The molecule has 1 amide bonds. The SMILES string of the molecule is Cl.NC1C2CCCC1CC(C(=O)N(Cc1ccccc1)CC1CCCO1)C2. The van der Waals surface area contributed by atoms with Crippen LogP contribution in [0.15, 0.2) is 30.3 Å². The predicted molar refractivity (Wildman–Crippen MR) is 110 cm³/mol. The van der Waals surface area contributed by atoms with Crippen LogP contribution in [0.5, 0.6) is 0 Å². The van der Waals surface area contributed by atoms with Gasteiger partial charge >= 0.3 is 0 Å².